The fourth-order valence-electron chi connectivity index (χ4n) is 1.25. The molecule has 0 amide bonds. The highest BCUT2D eigenvalue weighted by Gasteiger charge is 2.09. The van der Waals surface area contributed by atoms with Crippen molar-refractivity contribution in [2.45, 2.75) is 0 Å². The second-order valence-electron chi connectivity index (χ2n) is 2.78. The Kier molecular flexibility index (Phi) is 1.85. The first-order valence-electron chi connectivity index (χ1n) is 4.01. The molecule has 5 nitrogen and oxygen atoms in total. The van der Waals surface area contributed by atoms with Gasteiger partial charge in [0.05, 0.1) is 7.11 Å². The highest BCUT2D eigenvalue weighted by molar-refractivity contribution is 5.87. The molecule has 2 rings (SSSR count). The summed E-state index contributed by atoms with van der Waals surface area (Å²) in [5, 5.41) is 0. The fraction of sp³-hybridized carbons (Fsp3) is 0.111. The van der Waals surface area contributed by atoms with E-state index in [1.165, 1.54) is 23.8 Å². The largest absolute Gasteiger partial charge is 0.464 e. The van der Waals surface area contributed by atoms with Gasteiger partial charge < -0.3 is 9.72 Å². The molecule has 0 aliphatic rings. The van der Waals surface area contributed by atoms with E-state index >= 15 is 0 Å². The van der Waals surface area contributed by atoms with Crippen molar-refractivity contribution in [3.8, 4) is 0 Å². The van der Waals surface area contributed by atoms with Crippen molar-refractivity contribution in [3.05, 3.63) is 40.4 Å². The van der Waals surface area contributed by atoms with Crippen LogP contribution in [0, 0.1) is 0 Å². The first-order valence-corrected chi connectivity index (χ1v) is 4.01. The van der Waals surface area contributed by atoms with Crippen LogP contribution in [0.15, 0.2) is 29.2 Å². The smallest absolute Gasteiger partial charge is 0.356 e. The number of esters is 1. The van der Waals surface area contributed by atoms with E-state index < -0.39 is 5.97 Å². The quantitative estimate of drug-likeness (QED) is 0.666. The molecule has 0 saturated carbocycles. The molecular weight excluding hydrogens is 184 g/mol. The summed E-state index contributed by atoms with van der Waals surface area (Å²) in [5.74, 6) is -0.492. The van der Waals surface area contributed by atoms with Crippen LogP contribution in [0.4, 0.5) is 0 Å². The Hall–Kier alpha value is -2.04. The number of aromatic amines is 1. The van der Waals surface area contributed by atoms with Gasteiger partial charge in [-0.1, -0.05) is 6.07 Å². The lowest BCUT2D eigenvalue weighted by atomic mass is 10.5. The maximum atomic E-state index is 11.3. The van der Waals surface area contributed by atoms with Crippen molar-refractivity contribution in [2.75, 3.05) is 7.11 Å². The molecule has 2 aromatic heterocycles. The van der Waals surface area contributed by atoms with Crippen molar-refractivity contribution >= 4 is 11.6 Å². The van der Waals surface area contributed by atoms with Gasteiger partial charge in [-0.05, 0) is 6.07 Å². The highest BCUT2D eigenvalue weighted by Crippen LogP contribution is 2.02. The van der Waals surface area contributed by atoms with Crippen molar-refractivity contribution in [3.63, 3.8) is 0 Å². The minimum atomic E-state index is -0.492. The molecule has 5 heteroatoms. The Labute approximate surface area is 78.9 Å². The molecule has 0 aliphatic carbocycles. The maximum Gasteiger partial charge on any atom is 0.356 e. The van der Waals surface area contributed by atoms with E-state index in [2.05, 4.69) is 9.72 Å². The van der Waals surface area contributed by atoms with E-state index in [0.29, 0.717) is 5.65 Å². The minimum absolute atomic E-state index is 0.186. The molecule has 0 bridgehead atoms. The van der Waals surface area contributed by atoms with E-state index in [4.69, 9.17) is 0 Å². The number of H-pyrrole nitrogens is 1. The second-order valence-corrected chi connectivity index (χ2v) is 2.78. The molecule has 2 aromatic rings. The summed E-state index contributed by atoms with van der Waals surface area (Å²) in [7, 11) is 1.29. The average molecular weight is 192 g/mol. The summed E-state index contributed by atoms with van der Waals surface area (Å²) in [6.45, 7) is 0. The van der Waals surface area contributed by atoms with Crippen LogP contribution < -0.4 is 5.56 Å². The summed E-state index contributed by atoms with van der Waals surface area (Å²) in [6, 6.07) is 4.74. The molecule has 72 valence electrons. The number of aromatic nitrogens is 2. The second kappa shape index (κ2) is 3.02. The molecule has 0 aliphatic heterocycles. The van der Waals surface area contributed by atoms with Gasteiger partial charge in [0.2, 0.25) is 0 Å². The van der Waals surface area contributed by atoms with Gasteiger partial charge >= 0.3 is 5.97 Å². The van der Waals surface area contributed by atoms with Gasteiger partial charge in [-0.25, -0.2) is 4.79 Å². The van der Waals surface area contributed by atoms with Crippen LogP contribution in [0.1, 0.15) is 10.5 Å². The number of ether oxygens (including phenoxy) is 1. The Bertz CT molecular complexity index is 538. The number of methoxy groups -OCH3 is 1. The fourth-order valence-corrected chi connectivity index (χ4v) is 1.25. The zero-order chi connectivity index (χ0) is 10.1. The summed E-state index contributed by atoms with van der Waals surface area (Å²) in [6.07, 6.45) is 1.42. The lowest BCUT2D eigenvalue weighted by molar-refractivity contribution is 0.0595. The topological polar surface area (TPSA) is 63.6 Å². The Balaban J connectivity index is 2.68. The van der Waals surface area contributed by atoms with Gasteiger partial charge in [0, 0.05) is 12.3 Å². The van der Waals surface area contributed by atoms with Gasteiger partial charge in [0.1, 0.15) is 11.3 Å². The van der Waals surface area contributed by atoms with E-state index in [1.54, 1.807) is 12.1 Å². The van der Waals surface area contributed by atoms with Gasteiger partial charge in [0.25, 0.3) is 5.56 Å². The number of rotatable bonds is 1. The third-order valence-electron chi connectivity index (χ3n) is 1.92. The Morgan fingerprint density at radius 3 is 2.93 bits per heavy atom. The number of fused-ring (bicyclic) bond motifs is 1. The average Bonchev–Trinajstić information content (AvgIpc) is 2.62. The molecule has 2 heterocycles. The first kappa shape index (κ1) is 8.55. The monoisotopic (exact) mass is 192 g/mol. The molecule has 0 unspecified atom stereocenters. The van der Waals surface area contributed by atoms with E-state index in [0.717, 1.165) is 0 Å². The van der Waals surface area contributed by atoms with Crippen molar-refractivity contribution in [2.24, 2.45) is 0 Å². The van der Waals surface area contributed by atoms with Gasteiger partial charge in [-0.3, -0.25) is 9.20 Å². The van der Waals surface area contributed by atoms with Crippen LogP contribution in [0.25, 0.3) is 5.65 Å². The van der Waals surface area contributed by atoms with Crippen LogP contribution in [-0.4, -0.2) is 22.5 Å². The molecular formula is C9H8N2O3. The zero-order valence-electron chi connectivity index (χ0n) is 7.48. The predicted molar refractivity (Wildman–Crippen MR) is 49.4 cm³/mol. The molecule has 0 aromatic carbocycles. The van der Waals surface area contributed by atoms with Crippen molar-refractivity contribution < 1.29 is 9.53 Å². The van der Waals surface area contributed by atoms with Gasteiger partial charge in [0.15, 0.2) is 0 Å². The van der Waals surface area contributed by atoms with Crippen molar-refractivity contribution in [1.29, 1.82) is 0 Å². The SMILES string of the molecule is COC(=O)c1cn2c(=O)cccc2[nH]1. The molecule has 0 spiro atoms. The number of carbonyl (C=O) groups is 1. The van der Waals surface area contributed by atoms with E-state index in [1.807, 2.05) is 0 Å². The molecule has 0 saturated heterocycles. The predicted octanol–water partition coefficient (Wildman–Crippen LogP) is 0.414. The highest BCUT2D eigenvalue weighted by atomic mass is 16.5. The zero-order valence-corrected chi connectivity index (χ0v) is 7.48. The molecule has 0 fully saturated rings. The number of nitrogens with one attached hydrogen (secondary N) is 1. The summed E-state index contributed by atoms with van der Waals surface area (Å²) in [4.78, 5) is 25.2. The normalized spacial score (nSPS) is 10.4. The van der Waals surface area contributed by atoms with Gasteiger partial charge in [-0.15, -0.1) is 0 Å². The van der Waals surface area contributed by atoms with E-state index in [9.17, 15) is 9.59 Å². The van der Waals surface area contributed by atoms with Gasteiger partial charge in [-0.2, -0.15) is 0 Å². The number of carbonyl (C=O) groups excluding carboxylic acids is 1. The summed E-state index contributed by atoms with van der Waals surface area (Å²) >= 11 is 0. The van der Waals surface area contributed by atoms with Crippen LogP contribution in [-0.2, 0) is 4.74 Å². The minimum Gasteiger partial charge on any atom is -0.464 e. The standard InChI is InChI=1S/C9H8N2O3/c1-14-9(13)6-5-11-7(10-6)3-2-4-8(11)12/h2-5,10H,1H3. The lowest BCUT2D eigenvalue weighted by Crippen LogP contribution is -2.08. The number of nitrogens with zero attached hydrogens (tertiary/aromatic N) is 1. The lowest BCUT2D eigenvalue weighted by Gasteiger charge is -1.90. The summed E-state index contributed by atoms with van der Waals surface area (Å²) < 4.78 is 5.87. The third-order valence-corrected chi connectivity index (χ3v) is 1.92. The molecule has 0 atom stereocenters. The number of imidazole rings is 1. The number of hydrogen-bond acceptors (Lipinski definition) is 3. The van der Waals surface area contributed by atoms with Crippen LogP contribution >= 0.6 is 0 Å². The van der Waals surface area contributed by atoms with Crippen LogP contribution in [0.2, 0.25) is 0 Å². The van der Waals surface area contributed by atoms with Crippen LogP contribution in [0.5, 0.6) is 0 Å². The van der Waals surface area contributed by atoms with E-state index in [-0.39, 0.29) is 11.3 Å². The molecule has 0 radical (unpaired) electrons. The van der Waals surface area contributed by atoms with Crippen molar-refractivity contribution in [1.82, 2.24) is 9.38 Å². The third kappa shape index (κ3) is 1.19. The Morgan fingerprint density at radius 2 is 2.29 bits per heavy atom. The number of pyridine rings is 1. The molecule has 1 N–H and O–H groups in total. The maximum absolute atomic E-state index is 11.3. The molecule has 14 heavy (non-hydrogen) atoms. The summed E-state index contributed by atoms with van der Waals surface area (Å²) in [5.41, 5.74) is 0.641. The first-order chi connectivity index (χ1) is 6.72. The Morgan fingerprint density at radius 1 is 1.50 bits per heavy atom. The number of hydrogen-bond donors (Lipinski definition) is 1. The van der Waals surface area contributed by atoms with Crippen LogP contribution in [0.3, 0.4) is 0 Å².